The van der Waals surface area contributed by atoms with E-state index in [4.69, 9.17) is 16.6 Å². The van der Waals surface area contributed by atoms with E-state index in [2.05, 4.69) is 16.0 Å². The molecule has 4 rings (SSSR count). The molecule has 0 aliphatic heterocycles. The third-order valence-electron chi connectivity index (χ3n) is 4.93. The van der Waals surface area contributed by atoms with Gasteiger partial charge in [-0.2, -0.15) is 0 Å². The maximum absolute atomic E-state index is 11.1. The highest BCUT2D eigenvalue weighted by molar-refractivity contribution is 6.30. The first-order valence-electron chi connectivity index (χ1n) is 8.72. The van der Waals surface area contributed by atoms with Gasteiger partial charge < -0.3 is 15.0 Å². The van der Waals surface area contributed by atoms with Gasteiger partial charge in [-0.25, -0.2) is 4.98 Å². The SMILES string of the molecule is Cn1c(C(NCC2CC2)C(O)c2cccc(Cl)c2)nc2ccccc21. The van der Waals surface area contributed by atoms with Crippen LogP contribution < -0.4 is 5.32 Å². The summed E-state index contributed by atoms with van der Waals surface area (Å²) in [5, 5.41) is 15.2. The van der Waals surface area contributed by atoms with Gasteiger partial charge in [-0.05, 0) is 55.1 Å². The number of nitrogens with one attached hydrogen (secondary N) is 1. The molecule has 1 saturated carbocycles. The van der Waals surface area contributed by atoms with Crippen molar-refractivity contribution in [1.82, 2.24) is 14.9 Å². The van der Waals surface area contributed by atoms with E-state index in [1.54, 1.807) is 0 Å². The first-order valence-corrected chi connectivity index (χ1v) is 9.09. The van der Waals surface area contributed by atoms with Crippen LogP contribution in [0.1, 0.15) is 36.4 Å². The molecule has 2 aromatic carbocycles. The Morgan fingerprint density at radius 1 is 1.24 bits per heavy atom. The van der Waals surface area contributed by atoms with Crippen LogP contribution in [0.5, 0.6) is 0 Å². The third kappa shape index (κ3) is 3.43. The number of aryl methyl sites for hydroxylation is 1. The van der Waals surface area contributed by atoms with Crippen LogP contribution in [0.25, 0.3) is 11.0 Å². The zero-order valence-electron chi connectivity index (χ0n) is 14.2. The van der Waals surface area contributed by atoms with E-state index >= 15 is 0 Å². The second-order valence-electron chi connectivity index (χ2n) is 6.85. The van der Waals surface area contributed by atoms with Crippen molar-refractivity contribution in [2.75, 3.05) is 6.54 Å². The van der Waals surface area contributed by atoms with Gasteiger partial charge >= 0.3 is 0 Å². The molecular formula is C20H22ClN3O. The van der Waals surface area contributed by atoms with Crippen molar-refractivity contribution in [3.63, 3.8) is 0 Å². The van der Waals surface area contributed by atoms with E-state index in [0.717, 1.165) is 29.0 Å². The summed E-state index contributed by atoms with van der Waals surface area (Å²) in [6.07, 6.45) is 1.80. The fourth-order valence-corrected chi connectivity index (χ4v) is 3.48. The van der Waals surface area contributed by atoms with Crippen molar-refractivity contribution in [3.8, 4) is 0 Å². The molecule has 0 bridgehead atoms. The van der Waals surface area contributed by atoms with Crippen molar-refractivity contribution in [2.45, 2.75) is 25.0 Å². The van der Waals surface area contributed by atoms with Crippen LogP contribution in [0.15, 0.2) is 48.5 Å². The lowest BCUT2D eigenvalue weighted by atomic mass is 10.0. The summed E-state index contributed by atoms with van der Waals surface area (Å²) < 4.78 is 2.06. The van der Waals surface area contributed by atoms with Crippen LogP contribution in [-0.2, 0) is 7.05 Å². The lowest BCUT2D eigenvalue weighted by Crippen LogP contribution is -2.31. The number of benzene rings is 2. The lowest BCUT2D eigenvalue weighted by Gasteiger charge is -2.24. The van der Waals surface area contributed by atoms with Crippen LogP contribution in [0.2, 0.25) is 5.02 Å². The minimum absolute atomic E-state index is 0.281. The maximum atomic E-state index is 11.1. The summed E-state index contributed by atoms with van der Waals surface area (Å²) in [5.41, 5.74) is 2.80. The van der Waals surface area contributed by atoms with Gasteiger partial charge in [0.05, 0.1) is 17.1 Å². The Balaban J connectivity index is 1.72. The molecule has 1 fully saturated rings. The van der Waals surface area contributed by atoms with Gasteiger partial charge in [0.15, 0.2) is 0 Å². The second-order valence-corrected chi connectivity index (χ2v) is 7.28. The fourth-order valence-electron chi connectivity index (χ4n) is 3.29. The first kappa shape index (κ1) is 16.6. The van der Waals surface area contributed by atoms with Gasteiger partial charge in [0.25, 0.3) is 0 Å². The van der Waals surface area contributed by atoms with Crippen molar-refractivity contribution in [1.29, 1.82) is 0 Å². The topological polar surface area (TPSA) is 50.1 Å². The number of aliphatic hydroxyl groups excluding tert-OH is 1. The quantitative estimate of drug-likeness (QED) is 0.702. The Hall–Kier alpha value is -1.88. The molecule has 0 saturated heterocycles. The highest BCUT2D eigenvalue weighted by Crippen LogP contribution is 2.33. The highest BCUT2D eigenvalue weighted by Gasteiger charge is 2.30. The first-order chi connectivity index (χ1) is 12.1. The van der Waals surface area contributed by atoms with Crippen molar-refractivity contribution < 1.29 is 5.11 Å². The van der Waals surface area contributed by atoms with E-state index in [9.17, 15) is 5.11 Å². The monoisotopic (exact) mass is 355 g/mol. The van der Waals surface area contributed by atoms with E-state index in [0.29, 0.717) is 10.9 Å². The number of nitrogens with zero attached hydrogens (tertiary/aromatic N) is 2. The molecule has 1 heterocycles. The predicted octanol–water partition coefficient (Wildman–Crippen LogP) is 4.00. The fraction of sp³-hybridized carbons (Fsp3) is 0.350. The summed E-state index contributed by atoms with van der Waals surface area (Å²) in [7, 11) is 2.00. The average Bonchev–Trinajstić information content (AvgIpc) is 3.39. The van der Waals surface area contributed by atoms with Gasteiger partial charge in [0.2, 0.25) is 0 Å². The van der Waals surface area contributed by atoms with Gasteiger partial charge in [0, 0.05) is 12.1 Å². The normalized spacial score (nSPS) is 16.9. The molecule has 1 aliphatic rings. The summed E-state index contributed by atoms with van der Waals surface area (Å²) in [4.78, 5) is 4.79. The molecule has 2 atom stereocenters. The summed E-state index contributed by atoms with van der Waals surface area (Å²) in [6, 6.07) is 15.2. The molecule has 0 radical (unpaired) electrons. The summed E-state index contributed by atoms with van der Waals surface area (Å²) in [6.45, 7) is 0.894. The standard InChI is InChI=1S/C20H22ClN3O/c1-24-17-8-3-2-7-16(17)23-20(24)18(22-12-13-9-10-13)19(25)14-5-4-6-15(21)11-14/h2-8,11,13,18-19,22,25H,9-10,12H2,1H3. The molecule has 4 nitrogen and oxygen atoms in total. The Morgan fingerprint density at radius 3 is 2.76 bits per heavy atom. The molecular weight excluding hydrogens is 334 g/mol. The van der Waals surface area contributed by atoms with Crippen LogP contribution in [0.3, 0.4) is 0 Å². The van der Waals surface area contributed by atoms with Crippen molar-refractivity contribution >= 4 is 22.6 Å². The molecule has 0 spiro atoms. The van der Waals surface area contributed by atoms with Gasteiger partial charge in [-0.3, -0.25) is 0 Å². The van der Waals surface area contributed by atoms with E-state index in [1.165, 1.54) is 12.8 Å². The minimum Gasteiger partial charge on any atom is -0.386 e. The number of halogens is 1. The van der Waals surface area contributed by atoms with Crippen molar-refractivity contribution in [2.24, 2.45) is 13.0 Å². The third-order valence-corrected chi connectivity index (χ3v) is 5.16. The van der Waals surface area contributed by atoms with Gasteiger partial charge in [-0.15, -0.1) is 0 Å². The highest BCUT2D eigenvalue weighted by atomic mass is 35.5. The predicted molar refractivity (Wildman–Crippen MR) is 101 cm³/mol. The van der Waals surface area contributed by atoms with Crippen LogP contribution in [-0.4, -0.2) is 21.2 Å². The van der Waals surface area contributed by atoms with Gasteiger partial charge in [-0.1, -0.05) is 35.9 Å². The van der Waals surface area contributed by atoms with Crippen LogP contribution in [0, 0.1) is 5.92 Å². The Morgan fingerprint density at radius 2 is 2.04 bits per heavy atom. The van der Waals surface area contributed by atoms with E-state index < -0.39 is 6.10 Å². The van der Waals surface area contributed by atoms with Gasteiger partial charge in [0.1, 0.15) is 11.9 Å². The Kier molecular flexibility index (Phi) is 4.50. The minimum atomic E-state index is -0.715. The van der Waals surface area contributed by atoms with Crippen molar-refractivity contribution in [3.05, 3.63) is 64.9 Å². The summed E-state index contributed by atoms with van der Waals surface area (Å²) >= 11 is 6.12. The van der Waals surface area contributed by atoms with Crippen LogP contribution >= 0.6 is 11.6 Å². The molecule has 2 N–H and O–H groups in total. The summed E-state index contributed by atoms with van der Waals surface area (Å²) in [5.74, 6) is 1.55. The number of para-hydroxylation sites is 2. The largest absolute Gasteiger partial charge is 0.386 e. The molecule has 2 unspecified atom stereocenters. The molecule has 5 heteroatoms. The smallest absolute Gasteiger partial charge is 0.129 e. The zero-order valence-corrected chi connectivity index (χ0v) is 14.9. The lowest BCUT2D eigenvalue weighted by molar-refractivity contribution is 0.122. The number of fused-ring (bicyclic) bond motifs is 1. The molecule has 1 aromatic heterocycles. The second kappa shape index (κ2) is 6.79. The van der Waals surface area contributed by atoms with Crippen LogP contribution in [0.4, 0.5) is 0 Å². The number of rotatable bonds is 6. The molecule has 3 aromatic rings. The molecule has 130 valence electrons. The number of aromatic nitrogens is 2. The molecule has 25 heavy (non-hydrogen) atoms. The number of hydrogen-bond acceptors (Lipinski definition) is 3. The number of hydrogen-bond donors (Lipinski definition) is 2. The Bertz CT molecular complexity index is 888. The Labute approximate surface area is 152 Å². The molecule has 0 amide bonds. The number of imidazole rings is 1. The zero-order chi connectivity index (χ0) is 17.4. The molecule has 1 aliphatic carbocycles. The maximum Gasteiger partial charge on any atom is 0.129 e. The van der Waals surface area contributed by atoms with E-state index in [1.807, 2.05) is 49.5 Å². The number of aliphatic hydroxyl groups is 1. The van der Waals surface area contributed by atoms with E-state index in [-0.39, 0.29) is 6.04 Å². The average molecular weight is 356 g/mol.